The van der Waals surface area contributed by atoms with Gasteiger partial charge in [0, 0.05) is 6.54 Å². The summed E-state index contributed by atoms with van der Waals surface area (Å²) in [6.07, 6.45) is 1.17. The van der Waals surface area contributed by atoms with Crippen molar-refractivity contribution in [3.63, 3.8) is 0 Å². The fraction of sp³-hybridized carbons (Fsp3) is 0.364. The van der Waals surface area contributed by atoms with Gasteiger partial charge in [0.15, 0.2) is 0 Å². The van der Waals surface area contributed by atoms with Gasteiger partial charge in [-0.3, -0.25) is 4.79 Å². The summed E-state index contributed by atoms with van der Waals surface area (Å²) in [4.78, 5) is 11.4. The van der Waals surface area contributed by atoms with Crippen LogP contribution in [0, 0.1) is 0 Å². The number of hydrogen-bond donors (Lipinski definition) is 1. The Morgan fingerprint density at radius 2 is 1.89 bits per heavy atom. The monoisotopic (exact) mass is 290 g/mol. The molecular weight excluding hydrogens is 276 g/mol. The van der Waals surface area contributed by atoms with Crippen LogP contribution in [-0.2, 0) is 14.8 Å². The first-order valence-electron chi connectivity index (χ1n) is 5.39. The molecule has 1 aliphatic heterocycles. The van der Waals surface area contributed by atoms with Crippen molar-refractivity contribution < 1.29 is 13.2 Å². The molecule has 1 aromatic carbocycles. The molecule has 0 aliphatic carbocycles. The minimum absolute atomic E-state index is 0. The third-order valence-corrected chi connectivity index (χ3v) is 4.80. The van der Waals surface area contributed by atoms with Gasteiger partial charge in [-0.1, -0.05) is 18.2 Å². The van der Waals surface area contributed by atoms with Crippen molar-refractivity contribution in [3.8, 4) is 0 Å². The van der Waals surface area contributed by atoms with Gasteiger partial charge >= 0.3 is 0 Å². The van der Waals surface area contributed by atoms with E-state index in [0.717, 1.165) is 0 Å². The summed E-state index contributed by atoms with van der Waals surface area (Å²) >= 11 is 0. The van der Waals surface area contributed by atoms with Crippen LogP contribution in [0.25, 0.3) is 0 Å². The zero-order valence-corrected chi connectivity index (χ0v) is 11.3. The Morgan fingerprint density at radius 1 is 1.28 bits per heavy atom. The van der Waals surface area contributed by atoms with E-state index >= 15 is 0 Å². The fourth-order valence-corrected chi connectivity index (χ4v) is 3.73. The van der Waals surface area contributed by atoms with Crippen LogP contribution in [-0.4, -0.2) is 31.2 Å². The van der Waals surface area contributed by atoms with Gasteiger partial charge in [0.1, 0.15) is 6.04 Å². The minimum Gasteiger partial charge on any atom is -0.368 e. The molecule has 1 amide bonds. The Labute approximate surface area is 112 Å². The number of hydrogen-bond acceptors (Lipinski definition) is 3. The molecule has 1 aliphatic rings. The molecule has 1 atom stereocenters. The molecule has 0 aromatic heterocycles. The van der Waals surface area contributed by atoms with Crippen LogP contribution in [0.15, 0.2) is 35.2 Å². The molecule has 7 heteroatoms. The first-order valence-corrected chi connectivity index (χ1v) is 6.83. The molecule has 2 rings (SSSR count). The molecule has 2 N–H and O–H groups in total. The van der Waals surface area contributed by atoms with Crippen molar-refractivity contribution in [2.45, 2.75) is 23.8 Å². The molecule has 0 saturated carbocycles. The summed E-state index contributed by atoms with van der Waals surface area (Å²) in [5.41, 5.74) is 5.22. The van der Waals surface area contributed by atoms with E-state index in [-0.39, 0.29) is 17.3 Å². The quantitative estimate of drug-likeness (QED) is 0.892. The molecule has 0 radical (unpaired) electrons. The largest absolute Gasteiger partial charge is 0.368 e. The second-order valence-corrected chi connectivity index (χ2v) is 5.88. The van der Waals surface area contributed by atoms with Crippen LogP contribution >= 0.6 is 12.4 Å². The molecule has 1 aromatic rings. The SMILES string of the molecule is Cl.NC(=O)[C@@H]1CCCN1S(=O)(=O)c1ccccc1. The van der Waals surface area contributed by atoms with Crippen molar-refractivity contribution in [1.29, 1.82) is 0 Å². The van der Waals surface area contributed by atoms with Gasteiger partial charge < -0.3 is 5.73 Å². The summed E-state index contributed by atoms with van der Waals surface area (Å²) in [5, 5.41) is 0. The number of carbonyl (C=O) groups excluding carboxylic acids is 1. The molecule has 1 heterocycles. The maximum absolute atomic E-state index is 12.3. The number of halogens is 1. The van der Waals surface area contributed by atoms with Crippen molar-refractivity contribution in [1.82, 2.24) is 4.31 Å². The Balaban J connectivity index is 0.00000162. The van der Waals surface area contributed by atoms with Gasteiger partial charge in [-0.05, 0) is 25.0 Å². The molecule has 18 heavy (non-hydrogen) atoms. The first-order chi connectivity index (χ1) is 8.03. The van der Waals surface area contributed by atoms with Gasteiger partial charge in [-0.25, -0.2) is 8.42 Å². The van der Waals surface area contributed by atoms with Crippen LogP contribution in [0.2, 0.25) is 0 Å². The van der Waals surface area contributed by atoms with Gasteiger partial charge in [0.05, 0.1) is 4.90 Å². The predicted octanol–water partition coefficient (Wildman–Crippen LogP) is 0.747. The molecule has 5 nitrogen and oxygen atoms in total. The molecular formula is C11H15ClN2O3S. The lowest BCUT2D eigenvalue weighted by molar-refractivity contribution is -0.121. The number of primary amides is 1. The lowest BCUT2D eigenvalue weighted by atomic mass is 10.2. The van der Waals surface area contributed by atoms with Crippen molar-refractivity contribution in [2.24, 2.45) is 5.73 Å². The van der Waals surface area contributed by atoms with E-state index in [0.29, 0.717) is 19.4 Å². The second kappa shape index (κ2) is 5.69. The minimum atomic E-state index is -3.60. The fourth-order valence-electron chi connectivity index (χ4n) is 2.04. The van der Waals surface area contributed by atoms with Crippen molar-refractivity contribution in [2.75, 3.05) is 6.54 Å². The summed E-state index contributed by atoms with van der Waals surface area (Å²) < 4.78 is 25.7. The van der Waals surface area contributed by atoms with E-state index in [1.165, 1.54) is 16.4 Å². The van der Waals surface area contributed by atoms with E-state index in [4.69, 9.17) is 5.73 Å². The highest BCUT2D eigenvalue weighted by Gasteiger charge is 2.38. The first kappa shape index (κ1) is 14.9. The molecule has 0 spiro atoms. The normalized spacial score (nSPS) is 20.3. The van der Waals surface area contributed by atoms with E-state index in [1.54, 1.807) is 18.2 Å². The van der Waals surface area contributed by atoms with Crippen LogP contribution in [0.1, 0.15) is 12.8 Å². The number of nitrogens with zero attached hydrogens (tertiary/aromatic N) is 1. The summed E-state index contributed by atoms with van der Waals surface area (Å²) in [5.74, 6) is -0.581. The molecule has 0 unspecified atom stereocenters. The highest BCUT2D eigenvalue weighted by atomic mass is 35.5. The lowest BCUT2D eigenvalue weighted by Gasteiger charge is -2.21. The van der Waals surface area contributed by atoms with E-state index in [9.17, 15) is 13.2 Å². The highest BCUT2D eigenvalue weighted by Crippen LogP contribution is 2.25. The number of nitrogens with two attached hydrogens (primary N) is 1. The van der Waals surface area contributed by atoms with Crippen LogP contribution in [0.4, 0.5) is 0 Å². The summed E-state index contributed by atoms with van der Waals surface area (Å²) in [7, 11) is -3.60. The zero-order chi connectivity index (χ0) is 12.5. The van der Waals surface area contributed by atoms with Gasteiger partial charge in [0.25, 0.3) is 0 Å². The van der Waals surface area contributed by atoms with Crippen molar-refractivity contribution >= 4 is 28.3 Å². The van der Waals surface area contributed by atoms with Gasteiger partial charge in [-0.2, -0.15) is 4.31 Å². The van der Waals surface area contributed by atoms with E-state index < -0.39 is 22.0 Å². The summed E-state index contributed by atoms with van der Waals surface area (Å²) in [6, 6.07) is 7.39. The number of benzene rings is 1. The topological polar surface area (TPSA) is 80.5 Å². The average molecular weight is 291 g/mol. The Hall–Kier alpha value is -1.11. The Morgan fingerprint density at radius 3 is 2.44 bits per heavy atom. The van der Waals surface area contributed by atoms with E-state index in [1.807, 2.05) is 0 Å². The van der Waals surface area contributed by atoms with E-state index in [2.05, 4.69) is 0 Å². The molecule has 1 fully saturated rings. The molecule has 1 saturated heterocycles. The third-order valence-electron chi connectivity index (χ3n) is 2.88. The predicted molar refractivity (Wildman–Crippen MR) is 69.8 cm³/mol. The summed E-state index contributed by atoms with van der Waals surface area (Å²) in [6.45, 7) is 0.352. The zero-order valence-electron chi connectivity index (χ0n) is 9.65. The van der Waals surface area contributed by atoms with Crippen molar-refractivity contribution in [3.05, 3.63) is 30.3 Å². The van der Waals surface area contributed by atoms with Crippen LogP contribution < -0.4 is 5.73 Å². The maximum Gasteiger partial charge on any atom is 0.243 e. The Bertz CT molecular complexity index is 518. The smallest absolute Gasteiger partial charge is 0.243 e. The molecule has 100 valence electrons. The highest BCUT2D eigenvalue weighted by molar-refractivity contribution is 7.89. The van der Waals surface area contributed by atoms with Crippen LogP contribution in [0.3, 0.4) is 0 Å². The number of amides is 1. The lowest BCUT2D eigenvalue weighted by Crippen LogP contribution is -2.43. The number of carbonyl (C=O) groups is 1. The third kappa shape index (κ3) is 2.66. The maximum atomic E-state index is 12.3. The van der Waals surface area contributed by atoms with Gasteiger partial charge in [0.2, 0.25) is 15.9 Å². The second-order valence-electron chi connectivity index (χ2n) is 3.99. The average Bonchev–Trinajstić information content (AvgIpc) is 2.80. The standard InChI is InChI=1S/C11H14N2O3S.ClH/c12-11(14)10-7-4-8-13(10)17(15,16)9-5-2-1-3-6-9;/h1-3,5-6,10H,4,7-8H2,(H2,12,14);1H/t10-;/m0./s1. The Kier molecular flexibility index (Phi) is 4.72. The van der Waals surface area contributed by atoms with Crippen LogP contribution in [0.5, 0.6) is 0 Å². The molecule has 0 bridgehead atoms. The van der Waals surface area contributed by atoms with Gasteiger partial charge in [-0.15, -0.1) is 12.4 Å². The number of sulfonamides is 1. The number of rotatable bonds is 3.